The minimum Gasteiger partial charge on any atom is -0.378 e. The molecule has 2 aromatic heterocycles. The molecule has 0 radical (unpaired) electrons. The number of carbonyl (C=O) groups excluding carboxylic acids is 1. The van der Waals surface area contributed by atoms with E-state index in [-0.39, 0.29) is 5.57 Å². The molecule has 1 fully saturated rings. The van der Waals surface area contributed by atoms with Crippen LogP contribution < -0.4 is 20.6 Å². The van der Waals surface area contributed by atoms with E-state index in [0.717, 1.165) is 5.56 Å². The predicted octanol–water partition coefficient (Wildman–Crippen LogP) is 2.43. The van der Waals surface area contributed by atoms with Gasteiger partial charge in [0.05, 0.1) is 31.0 Å². The van der Waals surface area contributed by atoms with Crippen LogP contribution in [0.25, 0.3) is 23.5 Å². The zero-order valence-corrected chi connectivity index (χ0v) is 23.9. The van der Waals surface area contributed by atoms with Crippen molar-refractivity contribution in [3.05, 3.63) is 48.5 Å². The summed E-state index contributed by atoms with van der Waals surface area (Å²) in [6.07, 6.45) is 7.59. The van der Waals surface area contributed by atoms with Crippen LogP contribution in [0, 0.1) is 0 Å². The second-order valence-electron chi connectivity index (χ2n) is 8.57. The van der Waals surface area contributed by atoms with Gasteiger partial charge in [-0.15, -0.1) is 0 Å². The van der Waals surface area contributed by atoms with Crippen LogP contribution in [0.4, 0.5) is 17.3 Å². The Kier molecular flexibility index (Phi) is 13.7. The van der Waals surface area contributed by atoms with Gasteiger partial charge in [-0.3, -0.25) is 30.0 Å². The van der Waals surface area contributed by atoms with Crippen LogP contribution in [0.2, 0.25) is 0 Å². The Hall–Kier alpha value is -4.59. The van der Waals surface area contributed by atoms with Gasteiger partial charge >= 0.3 is 0 Å². The van der Waals surface area contributed by atoms with Gasteiger partial charge in [0.1, 0.15) is 5.69 Å². The molecule has 0 spiro atoms. The second-order valence-corrected chi connectivity index (χ2v) is 8.57. The molecule has 3 heterocycles. The first-order chi connectivity index (χ1) is 19.9. The van der Waals surface area contributed by atoms with Gasteiger partial charge in [-0.05, 0) is 39.7 Å². The molecule has 1 aliphatic rings. The minimum absolute atomic E-state index is 0.0611. The standard InChI is InChI=1S/C26H31N9O3.C2H7N/c1-6-18-14-19(17-30-21(18)7-2)23-31-24(22(28-4)25(32-23)35-10-12-38-13-11-35)34(5)9-8-29-16-20(15-27-3)26(36)33-37;1-3-2/h6-7,14-17,37H,1-4,8-13H2,5H3,(H,33,36);3H,1-2H3/b20-15+,29-16?;. The summed E-state index contributed by atoms with van der Waals surface area (Å²) in [5.74, 6) is 0.940. The lowest BCUT2D eigenvalue weighted by Gasteiger charge is -2.30. The number of nitrogens with one attached hydrogen (secondary N) is 2. The van der Waals surface area contributed by atoms with Crippen LogP contribution in [-0.4, -0.2) is 106 Å². The Morgan fingerprint density at radius 3 is 2.51 bits per heavy atom. The summed E-state index contributed by atoms with van der Waals surface area (Å²) in [7, 11) is 5.61. The Bertz CT molecular complexity index is 1290. The fourth-order valence-electron chi connectivity index (χ4n) is 3.70. The molecule has 218 valence electrons. The van der Waals surface area contributed by atoms with Crippen molar-refractivity contribution in [2.24, 2.45) is 15.0 Å². The first-order valence-corrected chi connectivity index (χ1v) is 12.8. The molecule has 0 aliphatic carbocycles. The number of nitrogens with zero attached hydrogens (tertiary/aromatic N) is 8. The van der Waals surface area contributed by atoms with E-state index in [1.54, 1.807) is 23.8 Å². The molecule has 3 rings (SSSR count). The summed E-state index contributed by atoms with van der Waals surface area (Å²) >= 11 is 0. The number of aromatic nitrogens is 3. The van der Waals surface area contributed by atoms with Gasteiger partial charge in [0.15, 0.2) is 17.5 Å². The number of hydrogen-bond donors (Lipinski definition) is 3. The van der Waals surface area contributed by atoms with E-state index in [9.17, 15) is 4.79 Å². The summed E-state index contributed by atoms with van der Waals surface area (Å²) in [5.41, 5.74) is 4.39. The smallest absolute Gasteiger partial charge is 0.277 e. The first kappa shape index (κ1) is 32.6. The van der Waals surface area contributed by atoms with E-state index in [0.29, 0.717) is 73.8 Å². The van der Waals surface area contributed by atoms with Gasteiger partial charge in [0, 0.05) is 56.4 Å². The maximum atomic E-state index is 11.7. The van der Waals surface area contributed by atoms with Gasteiger partial charge in [-0.1, -0.05) is 19.2 Å². The Morgan fingerprint density at radius 1 is 1.22 bits per heavy atom. The molecule has 3 N–H and O–H groups in total. The molecule has 0 unspecified atom stereocenters. The van der Waals surface area contributed by atoms with E-state index in [2.05, 4.69) is 56.8 Å². The number of morpholine rings is 1. The second kappa shape index (κ2) is 17.2. The van der Waals surface area contributed by atoms with Gasteiger partial charge in [0.2, 0.25) is 0 Å². The maximum Gasteiger partial charge on any atom is 0.277 e. The van der Waals surface area contributed by atoms with Gasteiger partial charge in [-0.2, -0.15) is 0 Å². The topological polar surface area (TPSA) is 153 Å². The molecule has 0 bridgehead atoms. The van der Waals surface area contributed by atoms with Crippen molar-refractivity contribution in [1.29, 1.82) is 0 Å². The highest BCUT2D eigenvalue weighted by Crippen LogP contribution is 2.37. The monoisotopic (exact) mass is 562 g/mol. The number of amides is 1. The predicted molar refractivity (Wildman–Crippen MR) is 167 cm³/mol. The van der Waals surface area contributed by atoms with Gasteiger partial charge < -0.3 is 19.9 Å². The number of rotatable bonds is 12. The number of carbonyl (C=O) groups is 1. The zero-order valence-electron chi connectivity index (χ0n) is 23.9. The summed E-state index contributed by atoms with van der Waals surface area (Å²) in [6.45, 7) is 18.0. The lowest BCUT2D eigenvalue weighted by atomic mass is 10.1. The van der Waals surface area contributed by atoms with Crippen molar-refractivity contribution < 1.29 is 14.7 Å². The zero-order chi connectivity index (χ0) is 30.2. The fraction of sp³-hybridized carbons (Fsp3) is 0.321. The molecule has 1 amide bonds. The normalized spacial score (nSPS) is 13.2. The number of hydrogen-bond acceptors (Lipinski definition) is 12. The van der Waals surface area contributed by atoms with E-state index in [4.69, 9.17) is 19.9 Å². The number of likely N-dealkylation sites (N-methyl/N-ethyl adjacent to an activating group) is 1. The number of ether oxygens (including phenoxy) is 1. The summed E-state index contributed by atoms with van der Waals surface area (Å²) in [4.78, 5) is 42.0. The third-order valence-corrected chi connectivity index (χ3v) is 5.69. The SMILES string of the molecule is C=Cc1cc(-c2nc(N(C)CCN=C/C(=C\N=C)C(=O)NO)c(N=C)c(N3CCOCC3)n2)cnc1C=C.CNC. The number of pyridine rings is 1. The van der Waals surface area contributed by atoms with E-state index < -0.39 is 5.91 Å². The van der Waals surface area contributed by atoms with Crippen LogP contribution in [-0.2, 0) is 9.53 Å². The molecule has 13 heteroatoms. The van der Waals surface area contributed by atoms with Gasteiger partial charge in [-0.25, -0.2) is 15.4 Å². The molecule has 41 heavy (non-hydrogen) atoms. The van der Waals surface area contributed by atoms with Gasteiger partial charge in [0.25, 0.3) is 5.91 Å². The Morgan fingerprint density at radius 2 is 1.93 bits per heavy atom. The molecule has 1 saturated heterocycles. The molecular weight excluding hydrogens is 524 g/mol. The molecule has 0 atom stereocenters. The van der Waals surface area contributed by atoms with Crippen LogP contribution >= 0.6 is 0 Å². The maximum absolute atomic E-state index is 11.7. The van der Waals surface area contributed by atoms with Crippen molar-refractivity contribution in [3.63, 3.8) is 0 Å². The first-order valence-electron chi connectivity index (χ1n) is 12.8. The highest BCUT2D eigenvalue weighted by atomic mass is 16.5. The van der Waals surface area contributed by atoms with Crippen molar-refractivity contribution in [2.45, 2.75) is 0 Å². The average molecular weight is 563 g/mol. The minimum atomic E-state index is -0.738. The molecule has 0 aromatic carbocycles. The summed E-state index contributed by atoms with van der Waals surface area (Å²) in [6, 6.07) is 1.91. The number of anilines is 2. The number of hydroxylamine groups is 1. The number of aliphatic imine (C=N–C) groups is 3. The molecule has 13 nitrogen and oxygen atoms in total. The largest absolute Gasteiger partial charge is 0.378 e. The lowest BCUT2D eigenvalue weighted by Crippen LogP contribution is -2.37. The fourth-order valence-corrected chi connectivity index (χ4v) is 3.70. The molecule has 2 aromatic rings. The lowest BCUT2D eigenvalue weighted by molar-refractivity contribution is -0.124. The molecule has 0 saturated carbocycles. The summed E-state index contributed by atoms with van der Waals surface area (Å²) in [5, 5.41) is 11.6. The van der Waals surface area contributed by atoms with Crippen LogP contribution in [0.3, 0.4) is 0 Å². The molecule has 1 aliphatic heterocycles. The third kappa shape index (κ3) is 8.96. The highest BCUT2D eigenvalue weighted by molar-refractivity contribution is 6.11. The van der Waals surface area contributed by atoms with E-state index >= 15 is 0 Å². The van der Waals surface area contributed by atoms with Crippen LogP contribution in [0.15, 0.2) is 52.2 Å². The highest BCUT2D eigenvalue weighted by Gasteiger charge is 2.23. The van der Waals surface area contributed by atoms with Crippen molar-refractivity contribution in [3.8, 4) is 11.4 Å². The molecular formula is C28H38N10O3. The Labute approximate surface area is 240 Å². The van der Waals surface area contributed by atoms with Crippen molar-refractivity contribution >= 4 is 55.0 Å². The van der Waals surface area contributed by atoms with E-state index in [1.165, 1.54) is 12.4 Å². The average Bonchev–Trinajstić information content (AvgIpc) is 3.01. The van der Waals surface area contributed by atoms with Crippen molar-refractivity contribution in [1.82, 2.24) is 25.7 Å². The third-order valence-electron chi connectivity index (χ3n) is 5.69. The van der Waals surface area contributed by atoms with Crippen molar-refractivity contribution in [2.75, 3.05) is 70.3 Å². The van der Waals surface area contributed by atoms with Crippen LogP contribution in [0.5, 0.6) is 0 Å². The summed E-state index contributed by atoms with van der Waals surface area (Å²) < 4.78 is 5.52. The van der Waals surface area contributed by atoms with Crippen LogP contribution in [0.1, 0.15) is 11.3 Å². The quantitative estimate of drug-likeness (QED) is 0.153. The van der Waals surface area contributed by atoms with E-state index in [1.807, 2.05) is 32.1 Å². The Balaban J connectivity index is 0.00000187.